The molecule has 0 aliphatic carbocycles. The first kappa shape index (κ1) is 19.7. The molecule has 29 heavy (non-hydrogen) atoms. The number of rotatable bonds is 6. The molecule has 3 saturated heterocycles. The molecule has 3 heterocycles. The molecule has 0 aromatic heterocycles. The van der Waals surface area contributed by atoms with Crippen molar-refractivity contribution in [2.24, 2.45) is 5.41 Å². The van der Waals surface area contributed by atoms with Crippen molar-refractivity contribution in [3.8, 4) is 0 Å². The predicted octanol–water partition coefficient (Wildman–Crippen LogP) is 1.91. The number of hydrogen-bond acceptors (Lipinski definition) is 4. The zero-order valence-electron chi connectivity index (χ0n) is 17.2. The third-order valence-electron chi connectivity index (χ3n) is 6.70. The summed E-state index contributed by atoms with van der Waals surface area (Å²) in [6.07, 6.45) is 2.91. The highest BCUT2D eigenvalue weighted by Crippen LogP contribution is 2.52. The number of esters is 1. The van der Waals surface area contributed by atoms with Crippen molar-refractivity contribution in [2.45, 2.75) is 44.7 Å². The van der Waals surface area contributed by atoms with Crippen LogP contribution < -0.4 is 0 Å². The number of hydrogen-bond donors (Lipinski definition) is 0. The van der Waals surface area contributed by atoms with Gasteiger partial charge in [-0.3, -0.25) is 9.59 Å². The van der Waals surface area contributed by atoms with E-state index in [9.17, 15) is 14.4 Å². The van der Waals surface area contributed by atoms with Crippen LogP contribution in [-0.2, 0) is 20.7 Å². The number of carbonyl (C=O) groups is 3. The summed E-state index contributed by atoms with van der Waals surface area (Å²) in [5.74, 6) is -0.258. The van der Waals surface area contributed by atoms with Crippen molar-refractivity contribution < 1.29 is 19.1 Å². The van der Waals surface area contributed by atoms with Crippen molar-refractivity contribution in [1.82, 2.24) is 14.7 Å². The first-order valence-electron chi connectivity index (χ1n) is 10.5. The number of fused-ring (bicyclic) bond motifs is 2. The highest BCUT2D eigenvalue weighted by Gasteiger charge is 2.62. The molecule has 4 rings (SSSR count). The molecule has 7 heteroatoms. The SMILES string of the molecule is CCOC(=O)[C@@]1(Cc2ccccc2)C[C@H]2CC[C@@H]1N2C(=O)CN1CCN(C)C1=O. The van der Waals surface area contributed by atoms with Crippen LogP contribution in [0, 0.1) is 5.41 Å². The number of amides is 3. The maximum Gasteiger partial charge on any atom is 0.320 e. The van der Waals surface area contributed by atoms with Crippen molar-refractivity contribution in [2.75, 3.05) is 33.3 Å². The molecule has 3 fully saturated rings. The van der Waals surface area contributed by atoms with E-state index in [4.69, 9.17) is 4.74 Å². The number of likely N-dealkylation sites (N-methyl/N-ethyl adjacent to an activating group) is 1. The van der Waals surface area contributed by atoms with Gasteiger partial charge in [0.25, 0.3) is 0 Å². The van der Waals surface area contributed by atoms with Crippen molar-refractivity contribution >= 4 is 17.9 Å². The second kappa shape index (κ2) is 7.69. The van der Waals surface area contributed by atoms with Gasteiger partial charge >= 0.3 is 12.0 Å². The Morgan fingerprint density at radius 1 is 1.17 bits per heavy atom. The summed E-state index contributed by atoms with van der Waals surface area (Å²) in [5, 5.41) is 0. The average Bonchev–Trinajstić information content (AvgIpc) is 3.36. The molecule has 0 radical (unpaired) electrons. The Hall–Kier alpha value is -2.57. The molecular formula is C22H29N3O4. The van der Waals surface area contributed by atoms with E-state index < -0.39 is 5.41 Å². The minimum atomic E-state index is -0.707. The molecule has 2 bridgehead atoms. The van der Waals surface area contributed by atoms with E-state index >= 15 is 0 Å². The van der Waals surface area contributed by atoms with Gasteiger partial charge in [0.15, 0.2) is 0 Å². The van der Waals surface area contributed by atoms with Crippen LogP contribution in [0.2, 0.25) is 0 Å². The van der Waals surface area contributed by atoms with Crippen LogP contribution in [0.5, 0.6) is 0 Å². The lowest BCUT2D eigenvalue weighted by Gasteiger charge is -2.35. The zero-order valence-corrected chi connectivity index (χ0v) is 17.2. The molecule has 0 N–H and O–H groups in total. The fraction of sp³-hybridized carbons (Fsp3) is 0.591. The first-order chi connectivity index (χ1) is 14.0. The summed E-state index contributed by atoms with van der Waals surface area (Å²) < 4.78 is 5.50. The second-order valence-corrected chi connectivity index (χ2v) is 8.42. The number of benzene rings is 1. The van der Waals surface area contributed by atoms with Crippen molar-refractivity contribution in [3.05, 3.63) is 35.9 Å². The van der Waals surface area contributed by atoms with E-state index in [1.807, 2.05) is 42.2 Å². The minimum Gasteiger partial charge on any atom is -0.465 e. The molecule has 0 spiro atoms. The van der Waals surface area contributed by atoms with Crippen LogP contribution in [0.1, 0.15) is 31.7 Å². The molecule has 156 valence electrons. The Balaban J connectivity index is 1.57. The monoisotopic (exact) mass is 399 g/mol. The van der Waals surface area contributed by atoms with E-state index in [-0.39, 0.29) is 36.5 Å². The molecule has 1 aromatic carbocycles. The van der Waals surface area contributed by atoms with Crippen LogP contribution in [0.4, 0.5) is 4.79 Å². The largest absolute Gasteiger partial charge is 0.465 e. The predicted molar refractivity (Wildman–Crippen MR) is 107 cm³/mol. The van der Waals surface area contributed by atoms with Crippen LogP contribution in [0.15, 0.2) is 30.3 Å². The Labute approximate surface area is 171 Å². The van der Waals surface area contributed by atoms with Gasteiger partial charge in [0, 0.05) is 32.2 Å². The summed E-state index contributed by atoms with van der Waals surface area (Å²) in [5.41, 5.74) is 0.374. The Morgan fingerprint density at radius 3 is 2.59 bits per heavy atom. The van der Waals surface area contributed by atoms with Gasteiger partial charge in [-0.15, -0.1) is 0 Å². The Kier molecular flexibility index (Phi) is 5.23. The van der Waals surface area contributed by atoms with Gasteiger partial charge in [-0.05, 0) is 38.2 Å². The topological polar surface area (TPSA) is 70.2 Å². The van der Waals surface area contributed by atoms with E-state index in [0.29, 0.717) is 32.5 Å². The average molecular weight is 399 g/mol. The molecular weight excluding hydrogens is 370 g/mol. The van der Waals surface area contributed by atoms with Gasteiger partial charge in [-0.2, -0.15) is 0 Å². The minimum absolute atomic E-state index is 0.0380. The van der Waals surface area contributed by atoms with Gasteiger partial charge in [0.2, 0.25) is 5.91 Å². The number of ether oxygens (including phenoxy) is 1. The van der Waals surface area contributed by atoms with Gasteiger partial charge in [0.05, 0.1) is 12.0 Å². The number of urea groups is 1. The van der Waals surface area contributed by atoms with Crippen LogP contribution >= 0.6 is 0 Å². The molecule has 3 atom stereocenters. The van der Waals surface area contributed by atoms with Crippen molar-refractivity contribution in [1.29, 1.82) is 0 Å². The summed E-state index contributed by atoms with van der Waals surface area (Å²) >= 11 is 0. The fourth-order valence-corrected chi connectivity index (χ4v) is 5.37. The molecule has 3 amide bonds. The Morgan fingerprint density at radius 2 is 1.93 bits per heavy atom. The fourth-order valence-electron chi connectivity index (χ4n) is 5.37. The van der Waals surface area contributed by atoms with Crippen molar-refractivity contribution in [3.63, 3.8) is 0 Å². The van der Waals surface area contributed by atoms with Gasteiger partial charge < -0.3 is 19.4 Å². The van der Waals surface area contributed by atoms with Crippen LogP contribution in [-0.4, -0.2) is 78.0 Å². The van der Waals surface area contributed by atoms with E-state index in [2.05, 4.69) is 0 Å². The van der Waals surface area contributed by atoms with E-state index in [1.165, 1.54) is 0 Å². The molecule has 1 aromatic rings. The lowest BCUT2D eigenvalue weighted by Crippen LogP contribution is -2.49. The maximum atomic E-state index is 13.2. The maximum absolute atomic E-state index is 13.2. The smallest absolute Gasteiger partial charge is 0.320 e. The molecule has 3 aliphatic heterocycles. The Bertz CT molecular complexity index is 799. The lowest BCUT2D eigenvalue weighted by atomic mass is 9.70. The van der Waals surface area contributed by atoms with Crippen LogP contribution in [0.3, 0.4) is 0 Å². The normalized spacial score (nSPS) is 28.3. The third-order valence-corrected chi connectivity index (χ3v) is 6.70. The summed E-state index contributed by atoms with van der Waals surface area (Å²) in [6.45, 7) is 3.44. The van der Waals surface area contributed by atoms with Crippen LogP contribution in [0.25, 0.3) is 0 Å². The number of carbonyl (C=O) groups excluding carboxylic acids is 3. The van der Waals surface area contributed by atoms with Gasteiger partial charge in [-0.25, -0.2) is 4.79 Å². The number of nitrogens with zero attached hydrogens (tertiary/aromatic N) is 3. The quantitative estimate of drug-likeness (QED) is 0.685. The second-order valence-electron chi connectivity index (χ2n) is 8.42. The summed E-state index contributed by atoms with van der Waals surface area (Å²) in [6, 6.07) is 9.72. The first-order valence-corrected chi connectivity index (χ1v) is 10.5. The van der Waals surface area contributed by atoms with Gasteiger partial charge in [-0.1, -0.05) is 30.3 Å². The van der Waals surface area contributed by atoms with E-state index in [0.717, 1.165) is 18.4 Å². The standard InChI is InChI=1S/C22H29N3O4/c1-3-29-20(27)22(13-16-7-5-4-6-8-16)14-17-9-10-18(22)25(17)19(26)15-24-12-11-23(2)21(24)28/h4-8,17-18H,3,9-15H2,1-2H3/t17-,18+,22+/m1/s1. The highest BCUT2D eigenvalue weighted by molar-refractivity contribution is 5.88. The van der Waals surface area contributed by atoms with Gasteiger partial charge in [0.1, 0.15) is 6.54 Å². The molecule has 3 aliphatic rings. The molecule has 0 saturated carbocycles. The highest BCUT2D eigenvalue weighted by atomic mass is 16.5. The zero-order chi connectivity index (χ0) is 20.6. The summed E-state index contributed by atoms with van der Waals surface area (Å²) in [4.78, 5) is 43.7. The molecule has 7 nitrogen and oxygen atoms in total. The molecule has 0 unspecified atom stereocenters. The summed E-state index contributed by atoms with van der Waals surface area (Å²) in [7, 11) is 1.75. The van der Waals surface area contributed by atoms with E-state index in [1.54, 1.807) is 16.8 Å². The lowest BCUT2D eigenvalue weighted by molar-refractivity contribution is -0.158. The third kappa shape index (κ3) is 3.36.